The van der Waals surface area contributed by atoms with Crippen LogP contribution in [0.15, 0.2) is 42.9 Å². The molecule has 3 aromatic rings. The van der Waals surface area contributed by atoms with E-state index in [1.165, 1.54) is 0 Å². The molecule has 5 rings (SSSR count). The monoisotopic (exact) mass is 420 g/mol. The number of nitrogens with zero attached hydrogens (tertiary/aromatic N) is 7. The number of benzene rings is 1. The number of carbonyl (C=O) groups is 1. The first-order valence-electron chi connectivity index (χ1n) is 10.9. The van der Waals surface area contributed by atoms with Crippen molar-refractivity contribution < 1.29 is 4.79 Å². The van der Waals surface area contributed by atoms with Gasteiger partial charge in [-0.1, -0.05) is 18.2 Å². The summed E-state index contributed by atoms with van der Waals surface area (Å²) in [5, 5.41) is 8.83. The molecule has 2 aliphatic heterocycles. The molecule has 31 heavy (non-hydrogen) atoms. The Balaban J connectivity index is 1.13. The van der Waals surface area contributed by atoms with Gasteiger partial charge in [0.2, 0.25) is 5.91 Å². The fourth-order valence-corrected chi connectivity index (χ4v) is 4.52. The van der Waals surface area contributed by atoms with Crippen LogP contribution in [0.1, 0.15) is 6.42 Å². The maximum Gasteiger partial charge on any atom is 0.236 e. The highest BCUT2D eigenvalue weighted by Crippen LogP contribution is 2.23. The van der Waals surface area contributed by atoms with Crippen LogP contribution in [0.25, 0.3) is 11.0 Å². The fourth-order valence-electron chi connectivity index (χ4n) is 4.52. The molecule has 2 fully saturated rings. The third-order valence-corrected chi connectivity index (χ3v) is 6.22. The van der Waals surface area contributed by atoms with E-state index in [-0.39, 0.29) is 5.91 Å². The van der Waals surface area contributed by atoms with E-state index in [4.69, 9.17) is 0 Å². The summed E-state index contributed by atoms with van der Waals surface area (Å²) in [6, 6.07) is 10.7. The summed E-state index contributed by atoms with van der Waals surface area (Å²) in [7, 11) is 1.88. The average molecular weight is 421 g/mol. The molecule has 4 heterocycles. The fraction of sp³-hybridized carbons (Fsp3) is 0.455. The number of hydrogen-bond donors (Lipinski definition) is 1. The highest BCUT2D eigenvalue weighted by molar-refractivity contribution is 5.87. The standard InChI is InChI=1S/C22H28N8O/c1-27-21-19(13-25-27)22(24-16-23-21)30-11-9-29(10-12-30)20(31)15-28-8-7-18(14-28)26-17-5-3-2-4-6-17/h2-6,13,16,18,26H,7-12,14-15H2,1H3. The second kappa shape index (κ2) is 8.50. The van der Waals surface area contributed by atoms with E-state index in [0.717, 1.165) is 55.1 Å². The van der Waals surface area contributed by atoms with Crippen LogP contribution in [0.2, 0.25) is 0 Å². The Morgan fingerprint density at radius 3 is 2.71 bits per heavy atom. The van der Waals surface area contributed by atoms with Crippen LogP contribution in [0.3, 0.4) is 0 Å². The molecule has 0 radical (unpaired) electrons. The van der Waals surface area contributed by atoms with Crippen molar-refractivity contribution in [2.75, 3.05) is 56.0 Å². The SMILES string of the molecule is Cn1ncc2c(N3CCN(C(=O)CN4CCC(Nc5ccccc5)C4)CC3)ncnc21. The van der Waals surface area contributed by atoms with E-state index in [1.807, 2.05) is 36.3 Å². The van der Waals surface area contributed by atoms with E-state index in [9.17, 15) is 4.79 Å². The van der Waals surface area contributed by atoms with Gasteiger partial charge in [0.25, 0.3) is 0 Å². The zero-order valence-electron chi connectivity index (χ0n) is 17.8. The number of amides is 1. The first-order valence-corrected chi connectivity index (χ1v) is 10.9. The second-order valence-electron chi connectivity index (χ2n) is 8.30. The molecular formula is C22H28N8O. The lowest BCUT2D eigenvalue weighted by Gasteiger charge is -2.36. The van der Waals surface area contributed by atoms with Crippen molar-refractivity contribution in [2.45, 2.75) is 12.5 Å². The molecule has 0 saturated carbocycles. The van der Waals surface area contributed by atoms with Gasteiger partial charge in [0.05, 0.1) is 18.1 Å². The molecule has 2 aliphatic rings. The van der Waals surface area contributed by atoms with E-state index in [0.29, 0.717) is 25.7 Å². The molecule has 1 unspecified atom stereocenters. The number of likely N-dealkylation sites (tertiary alicyclic amines) is 1. The lowest BCUT2D eigenvalue weighted by Crippen LogP contribution is -2.51. The lowest BCUT2D eigenvalue weighted by atomic mass is 10.2. The first kappa shape index (κ1) is 19.7. The number of hydrogen-bond acceptors (Lipinski definition) is 7. The van der Waals surface area contributed by atoms with Gasteiger partial charge in [0.15, 0.2) is 5.65 Å². The molecule has 0 spiro atoms. The minimum absolute atomic E-state index is 0.217. The highest BCUT2D eigenvalue weighted by Gasteiger charge is 2.28. The summed E-state index contributed by atoms with van der Waals surface area (Å²) in [4.78, 5) is 28.2. The average Bonchev–Trinajstić information content (AvgIpc) is 3.41. The van der Waals surface area contributed by atoms with E-state index in [2.05, 4.69) is 42.3 Å². The quantitative estimate of drug-likeness (QED) is 0.664. The molecule has 9 heteroatoms. The zero-order valence-corrected chi connectivity index (χ0v) is 17.8. The predicted molar refractivity (Wildman–Crippen MR) is 120 cm³/mol. The van der Waals surface area contributed by atoms with E-state index in [1.54, 1.807) is 11.0 Å². The van der Waals surface area contributed by atoms with Gasteiger partial charge in [-0.15, -0.1) is 0 Å². The predicted octanol–water partition coefficient (Wildman–Crippen LogP) is 1.20. The van der Waals surface area contributed by atoms with Crippen molar-refractivity contribution in [1.82, 2.24) is 29.5 Å². The van der Waals surface area contributed by atoms with E-state index < -0.39 is 0 Å². The van der Waals surface area contributed by atoms with Crippen molar-refractivity contribution in [3.05, 3.63) is 42.9 Å². The first-order chi connectivity index (χ1) is 15.2. The lowest BCUT2D eigenvalue weighted by molar-refractivity contribution is -0.132. The third-order valence-electron chi connectivity index (χ3n) is 6.22. The molecule has 1 atom stereocenters. The number of anilines is 2. The zero-order chi connectivity index (χ0) is 21.2. The Morgan fingerprint density at radius 2 is 1.90 bits per heavy atom. The number of aryl methyl sites for hydroxylation is 1. The summed E-state index contributed by atoms with van der Waals surface area (Å²) in [6.07, 6.45) is 4.46. The van der Waals surface area contributed by atoms with Crippen LogP contribution in [0.5, 0.6) is 0 Å². The topological polar surface area (TPSA) is 82.4 Å². The Morgan fingerprint density at radius 1 is 1.10 bits per heavy atom. The molecule has 0 bridgehead atoms. The summed E-state index contributed by atoms with van der Waals surface area (Å²) in [6.45, 7) is 5.31. The number of fused-ring (bicyclic) bond motifs is 1. The number of nitrogens with one attached hydrogen (secondary N) is 1. The summed E-state index contributed by atoms with van der Waals surface area (Å²) < 4.78 is 1.76. The smallest absolute Gasteiger partial charge is 0.236 e. The Kier molecular flexibility index (Phi) is 5.42. The normalized spacial score (nSPS) is 19.8. The second-order valence-corrected chi connectivity index (χ2v) is 8.30. The van der Waals surface area contributed by atoms with Gasteiger partial charge in [0.1, 0.15) is 12.1 Å². The third kappa shape index (κ3) is 4.18. The molecule has 1 aromatic carbocycles. The van der Waals surface area contributed by atoms with Crippen molar-refractivity contribution in [3.8, 4) is 0 Å². The Bertz CT molecular complexity index is 1040. The molecule has 2 saturated heterocycles. The summed E-state index contributed by atoms with van der Waals surface area (Å²) in [5.41, 5.74) is 1.97. The Labute approximate surface area is 181 Å². The molecular weight excluding hydrogens is 392 g/mol. The number of carbonyl (C=O) groups excluding carboxylic acids is 1. The minimum atomic E-state index is 0.217. The van der Waals surface area contributed by atoms with Crippen LogP contribution >= 0.6 is 0 Å². The molecule has 2 aromatic heterocycles. The van der Waals surface area contributed by atoms with Crippen LogP contribution in [-0.2, 0) is 11.8 Å². The van der Waals surface area contributed by atoms with Gasteiger partial charge in [0, 0.05) is 58.0 Å². The van der Waals surface area contributed by atoms with Crippen LogP contribution < -0.4 is 10.2 Å². The van der Waals surface area contributed by atoms with Crippen molar-refractivity contribution >= 4 is 28.4 Å². The van der Waals surface area contributed by atoms with Crippen molar-refractivity contribution in [3.63, 3.8) is 0 Å². The number of para-hydroxylation sites is 1. The maximum absolute atomic E-state index is 12.9. The molecule has 1 N–H and O–H groups in total. The van der Waals surface area contributed by atoms with Crippen molar-refractivity contribution in [2.24, 2.45) is 7.05 Å². The van der Waals surface area contributed by atoms with Gasteiger partial charge >= 0.3 is 0 Å². The molecule has 1 amide bonds. The minimum Gasteiger partial charge on any atom is -0.381 e. The number of rotatable bonds is 5. The summed E-state index contributed by atoms with van der Waals surface area (Å²) in [5.74, 6) is 1.12. The maximum atomic E-state index is 12.9. The van der Waals surface area contributed by atoms with Crippen LogP contribution in [-0.4, -0.2) is 87.3 Å². The molecule has 162 valence electrons. The van der Waals surface area contributed by atoms with Crippen LogP contribution in [0, 0.1) is 0 Å². The van der Waals surface area contributed by atoms with Crippen molar-refractivity contribution in [1.29, 1.82) is 0 Å². The molecule has 0 aliphatic carbocycles. The van der Waals surface area contributed by atoms with E-state index >= 15 is 0 Å². The van der Waals surface area contributed by atoms with Crippen LogP contribution in [0.4, 0.5) is 11.5 Å². The van der Waals surface area contributed by atoms with Gasteiger partial charge in [-0.2, -0.15) is 5.10 Å². The van der Waals surface area contributed by atoms with Gasteiger partial charge in [-0.3, -0.25) is 14.4 Å². The Hall–Kier alpha value is -3.20. The molecule has 9 nitrogen and oxygen atoms in total. The van der Waals surface area contributed by atoms with Gasteiger partial charge in [-0.05, 0) is 18.6 Å². The largest absolute Gasteiger partial charge is 0.381 e. The number of piperazine rings is 1. The number of aromatic nitrogens is 4. The summed E-state index contributed by atoms with van der Waals surface area (Å²) >= 11 is 0. The van der Waals surface area contributed by atoms with Gasteiger partial charge in [-0.25, -0.2) is 9.97 Å². The highest BCUT2D eigenvalue weighted by atomic mass is 16.2. The van der Waals surface area contributed by atoms with Gasteiger partial charge < -0.3 is 15.1 Å².